The molecule has 0 amide bonds. The molecule has 0 radical (unpaired) electrons. The minimum absolute atomic E-state index is 0. The molecule has 0 bridgehead atoms. The lowest BCUT2D eigenvalue weighted by Gasteiger charge is -2.20. The molecule has 4 heteroatoms. The lowest BCUT2D eigenvalue weighted by atomic mass is 9.99. The molecule has 2 aromatic carbocycles. The number of halogens is 1. The number of rotatable bonds is 5. The molecule has 1 aliphatic rings. The number of nitrogens with two attached hydrogens (primary N) is 1. The van der Waals surface area contributed by atoms with Crippen molar-refractivity contribution >= 4 is 12.4 Å². The molecule has 1 atom stereocenters. The Morgan fingerprint density at radius 2 is 1.68 bits per heavy atom. The van der Waals surface area contributed by atoms with Crippen LogP contribution in [0.5, 0.6) is 11.5 Å². The Balaban J connectivity index is 0.00000176. The second-order valence-corrected chi connectivity index (χ2v) is 5.39. The first-order valence-electron chi connectivity index (χ1n) is 7.52. The average molecular weight is 320 g/mol. The molecule has 3 nitrogen and oxygen atoms in total. The van der Waals surface area contributed by atoms with Crippen LogP contribution < -0.4 is 15.2 Å². The van der Waals surface area contributed by atoms with E-state index in [2.05, 4.69) is 24.3 Å². The van der Waals surface area contributed by atoms with Crippen LogP contribution in [0.15, 0.2) is 48.5 Å². The van der Waals surface area contributed by atoms with Gasteiger partial charge in [0.05, 0.1) is 0 Å². The fraction of sp³-hybridized carbons (Fsp3) is 0.333. The maximum absolute atomic E-state index is 6.30. The van der Waals surface area contributed by atoms with Crippen molar-refractivity contribution < 1.29 is 9.47 Å². The van der Waals surface area contributed by atoms with Crippen LogP contribution >= 0.6 is 12.4 Å². The van der Waals surface area contributed by atoms with Gasteiger partial charge >= 0.3 is 0 Å². The molecule has 2 N–H and O–H groups in total. The van der Waals surface area contributed by atoms with Crippen molar-refractivity contribution in [3.63, 3.8) is 0 Å². The number of fused-ring (bicyclic) bond motifs is 1. The van der Waals surface area contributed by atoms with Gasteiger partial charge in [-0.15, -0.1) is 12.4 Å². The third kappa shape index (κ3) is 4.15. The Labute approximate surface area is 137 Å². The van der Waals surface area contributed by atoms with Crippen LogP contribution in [0, 0.1) is 0 Å². The summed E-state index contributed by atoms with van der Waals surface area (Å²) in [7, 11) is 0. The Hall–Kier alpha value is -1.71. The van der Waals surface area contributed by atoms with Gasteiger partial charge in [0.1, 0.15) is 13.2 Å². The summed E-state index contributed by atoms with van der Waals surface area (Å²) in [6, 6.07) is 16.6. The highest BCUT2D eigenvalue weighted by molar-refractivity contribution is 5.85. The van der Waals surface area contributed by atoms with Crippen LogP contribution in [0.3, 0.4) is 0 Å². The van der Waals surface area contributed by atoms with Crippen LogP contribution in [0.25, 0.3) is 0 Å². The molecule has 0 saturated heterocycles. The predicted molar refractivity (Wildman–Crippen MR) is 91.0 cm³/mol. The van der Waals surface area contributed by atoms with Crippen molar-refractivity contribution in [1.82, 2.24) is 0 Å². The lowest BCUT2D eigenvalue weighted by Crippen LogP contribution is -2.16. The second kappa shape index (κ2) is 8.06. The van der Waals surface area contributed by atoms with Crippen molar-refractivity contribution in [2.75, 3.05) is 13.2 Å². The molecular weight excluding hydrogens is 298 g/mol. The van der Waals surface area contributed by atoms with Gasteiger partial charge in [-0.3, -0.25) is 0 Å². The van der Waals surface area contributed by atoms with Gasteiger partial charge in [0.15, 0.2) is 11.5 Å². The van der Waals surface area contributed by atoms with Crippen LogP contribution in [-0.4, -0.2) is 13.2 Å². The Kier molecular flexibility index (Phi) is 6.10. The van der Waals surface area contributed by atoms with E-state index in [0.29, 0.717) is 13.2 Å². The number of benzene rings is 2. The second-order valence-electron chi connectivity index (χ2n) is 5.39. The van der Waals surface area contributed by atoms with Crippen LogP contribution in [0.4, 0.5) is 0 Å². The third-order valence-corrected chi connectivity index (χ3v) is 3.82. The largest absolute Gasteiger partial charge is 0.486 e. The quantitative estimate of drug-likeness (QED) is 0.909. The van der Waals surface area contributed by atoms with Crippen molar-refractivity contribution in [2.45, 2.75) is 25.3 Å². The summed E-state index contributed by atoms with van der Waals surface area (Å²) < 4.78 is 11.1. The molecule has 0 spiro atoms. The fourth-order valence-corrected chi connectivity index (χ4v) is 2.63. The summed E-state index contributed by atoms with van der Waals surface area (Å²) in [6.07, 6.45) is 3.12. The highest BCUT2D eigenvalue weighted by Gasteiger charge is 2.14. The zero-order valence-electron chi connectivity index (χ0n) is 12.5. The summed E-state index contributed by atoms with van der Waals surface area (Å²) >= 11 is 0. The van der Waals surface area contributed by atoms with E-state index in [1.807, 2.05) is 24.3 Å². The number of aryl methyl sites for hydroxylation is 1. The summed E-state index contributed by atoms with van der Waals surface area (Å²) in [5.74, 6) is 1.64. The van der Waals surface area contributed by atoms with Crippen LogP contribution in [0.1, 0.15) is 30.0 Å². The minimum atomic E-state index is 0. The number of hydrogen-bond donors (Lipinski definition) is 1. The molecule has 22 heavy (non-hydrogen) atoms. The van der Waals surface area contributed by atoms with Crippen molar-refractivity contribution in [2.24, 2.45) is 5.73 Å². The normalized spacial score (nSPS) is 14.0. The topological polar surface area (TPSA) is 44.5 Å². The number of hydrogen-bond acceptors (Lipinski definition) is 3. The smallest absolute Gasteiger partial charge is 0.161 e. The summed E-state index contributed by atoms with van der Waals surface area (Å²) in [5, 5.41) is 0. The summed E-state index contributed by atoms with van der Waals surface area (Å²) in [6.45, 7) is 1.23. The first kappa shape index (κ1) is 16.7. The van der Waals surface area contributed by atoms with E-state index >= 15 is 0 Å². The molecule has 1 unspecified atom stereocenters. The van der Waals surface area contributed by atoms with E-state index < -0.39 is 0 Å². The summed E-state index contributed by atoms with van der Waals surface area (Å²) in [4.78, 5) is 0. The Morgan fingerprint density at radius 1 is 0.955 bits per heavy atom. The van der Waals surface area contributed by atoms with Gasteiger partial charge in [0.25, 0.3) is 0 Å². The zero-order chi connectivity index (χ0) is 14.5. The average Bonchev–Trinajstić information content (AvgIpc) is 2.55. The van der Waals surface area contributed by atoms with Gasteiger partial charge in [-0.05, 0) is 42.5 Å². The van der Waals surface area contributed by atoms with E-state index in [9.17, 15) is 0 Å². The molecule has 1 aliphatic heterocycles. The summed E-state index contributed by atoms with van der Waals surface area (Å²) in [5.41, 5.74) is 8.78. The highest BCUT2D eigenvalue weighted by atomic mass is 35.5. The first-order chi connectivity index (χ1) is 10.3. The molecule has 1 heterocycles. The Morgan fingerprint density at radius 3 is 2.45 bits per heavy atom. The van der Waals surface area contributed by atoms with E-state index in [1.54, 1.807) is 0 Å². The van der Waals surface area contributed by atoms with Gasteiger partial charge in [0.2, 0.25) is 0 Å². The molecule has 0 aliphatic carbocycles. The van der Waals surface area contributed by atoms with Crippen LogP contribution in [0.2, 0.25) is 0 Å². The molecule has 0 fully saturated rings. The molecule has 3 rings (SSSR count). The first-order valence-corrected chi connectivity index (χ1v) is 7.52. The van der Waals surface area contributed by atoms with Gasteiger partial charge in [-0.1, -0.05) is 36.4 Å². The number of ether oxygens (including phenoxy) is 2. The molecule has 0 aromatic heterocycles. The van der Waals surface area contributed by atoms with Crippen molar-refractivity contribution in [1.29, 1.82) is 0 Å². The SMILES string of the molecule is Cl.NC(CCCc1ccccc1)c1ccc2c(c1)OCCO2. The van der Waals surface area contributed by atoms with E-state index in [0.717, 1.165) is 36.3 Å². The van der Waals surface area contributed by atoms with E-state index in [4.69, 9.17) is 15.2 Å². The maximum Gasteiger partial charge on any atom is 0.161 e. The maximum atomic E-state index is 6.30. The zero-order valence-corrected chi connectivity index (χ0v) is 13.4. The standard InChI is InChI=1S/C18H21NO2.ClH/c19-16(8-4-7-14-5-2-1-3-6-14)15-9-10-17-18(13-15)21-12-11-20-17;/h1-3,5-6,9-10,13,16H,4,7-8,11-12,19H2;1H. The van der Waals surface area contributed by atoms with Gasteiger partial charge in [-0.2, -0.15) is 0 Å². The van der Waals surface area contributed by atoms with E-state index in [-0.39, 0.29) is 18.4 Å². The fourth-order valence-electron chi connectivity index (χ4n) is 2.63. The monoisotopic (exact) mass is 319 g/mol. The van der Waals surface area contributed by atoms with E-state index in [1.165, 1.54) is 5.56 Å². The lowest BCUT2D eigenvalue weighted by molar-refractivity contribution is 0.171. The highest BCUT2D eigenvalue weighted by Crippen LogP contribution is 2.33. The predicted octanol–water partition coefficient (Wildman–Crippen LogP) is 3.90. The minimum Gasteiger partial charge on any atom is -0.486 e. The van der Waals surface area contributed by atoms with Gasteiger partial charge < -0.3 is 15.2 Å². The molecule has 0 saturated carbocycles. The molecule has 118 valence electrons. The molecular formula is C18H22ClNO2. The van der Waals surface area contributed by atoms with Gasteiger partial charge in [-0.25, -0.2) is 0 Å². The molecule has 2 aromatic rings. The van der Waals surface area contributed by atoms with Crippen molar-refractivity contribution in [3.8, 4) is 11.5 Å². The van der Waals surface area contributed by atoms with Crippen LogP contribution in [-0.2, 0) is 6.42 Å². The van der Waals surface area contributed by atoms with Crippen molar-refractivity contribution in [3.05, 3.63) is 59.7 Å². The van der Waals surface area contributed by atoms with Gasteiger partial charge in [0, 0.05) is 6.04 Å². The third-order valence-electron chi connectivity index (χ3n) is 3.82. The Bertz CT molecular complexity index is 589.